The van der Waals surface area contributed by atoms with Crippen molar-refractivity contribution in [2.75, 3.05) is 25.3 Å². The molecule has 11 heteroatoms. The highest BCUT2D eigenvalue weighted by Crippen LogP contribution is 2.33. The molecule has 0 radical (unpaired) electrons. The number of halogens is 1. The van der Waals surface area contributed by atoms with Crippen LogP contribution < -0.4 is 14.8 Å². The quantitative estimate of drug-likeness (QED) is 0.554. The standard InChI is InChI=1S/C19H18ClN3O6S/c1-27-13-5-8-15(16(11-13)28-2)18-22-23-19(29-18)21-17(24)9-10-30(25,26)14-6-3-12(20)4-7-14/h3-8,11H,9-10H2,1-2H3,(H,21,23,24). The Bertz CT molecular complexity index is 1150. The first-order chi connectivity index (χ1) is 14.3. The third-order valence-electron chi connectivity index (χ3n) is 4.08. The molecule has 0 aliphatic rings. The van der Waals surface area contributed by atoms with Gasteiger partial charge in [0.15, 0.2) is 9.84 Å². The summed E-state index contributed by atoms with van der Waals surface area (Å²) in [5.41, 5.74) is 0.511. The molecule has 0 unspecified atom stereocenters. The van der Waals surface area contributed by atoms with Gasteiger partial charge in [-0.2, -0.15) is 0 Å². The molecule has 0 saturated carbocycles. The van der Waals surface area contributed by atoms with Gasteiger partial charge in [-0.05, 0) is 36.4 Å². The zero-order chi connectivity index (χ0) is 21.7. The number of carbonyl (C=O) groups is 1. The van der Waals surface area contributed by atoms with E-state index in [2.05, 4.69) is 15.5 Å². The van der Waals surface area contributed by atoms with Crippen LogP contribution in [0.4, 0.5) is 6.01 Å². The second-order valence-electron chi connectivity index (χ2n) is 6.05. The van der Waals surface area contributed by atoms with Crippen LogP contribution in [0.25, 0.3) is 11.5 Å². The van der Waals surface area contributed by atoms with Crippen LogP contribution in [0.3, 0.4) is 0 Å². The summed E-state index contributed by atoms with van der Waals surface area (Å²) < 4.78 is 40.5. The van der Waals surface area contributed by atoms with Gasteiger partial charge in [-0.15, -0.1) is 5.10 Å². The molecule has 0 aliphatic carbocycles. The molecule has 0 atom stereocenters. The van der Waals surface area contributed by atoms with Crippen molar-refractivity contribution in [1.82, 2.24) is 10.2 Å². The summed E-state index contributed by atoms with van der Waals surface area (Å²) in [6.07, 6.45) is -0.283. The van der Waals surface area contributed by atoms with E-state index in [1.165, 1.54) is 38.5 Å². The Hall–Kier alpha value is -3.11. The number of methoxy groups -OCH3 is 2. The fourth-order valence-electron chi connectivity index (χ4n) is 2.53. The number of ether oxygens (including phenoxy) is 2. The molecular weight excluding hydrogens is 434 g/mol. The number of nitrogens with zero attached hydrogens (tertiary/aromatic N) is 2. The van der Waals surface area contributed by atoms with E-state index < -0.39 is 15.7 Å². The van der Waals surface area contributed by atoms with Gasteiger partial charge in [0.05, 0.1) is 30.4 Å². The topological polar surface area (TPSA) is 121 Å². The minimum Gasteiger partial charge on any atom is -0.497 e. The number of anilines is 1. The largest absolute Gasteiger partial charge is 0.497 e. The normalized spacial score (nSPS) is 11.2. The third-order valence-corrected chi connectivity index (χ3v) is 6.07. The molecule has 0 aliphatic heterocycles. The highest BCUT2D eigenvalue weighted by atomic mass is 35.5. The Morgan fingerprint density at radius 2 is 1.83 bits per heavy atom. The Kier molecular flexibility index (Phi) is 6.58. The van der Waals surface area contributed by atoms with Gasteiger partial charge < -0.3 is 13.9 Å². The number of benzene rings is 2. The number of amides is 1. The molecule has 0 saturated heterocycles. The number of carbonyl (C=O) groups excluding carboxylic acids is 1. The van der Waals surface area contributed by atoms with E-state index in [0.717, 1.165) is 0 Å². The number of aromatic nitrogens is 2. The van der Waals surface area contributed by atoms with Gasteiger partial charge in [0.25, 0.3) is 5.89 Å². The molecule has 158 valence electrons. The second kappa shape index (κ2) is 9.14. The van der Waals surface area contributed by atoms with Crippen LogP contribution in [0.1, 0.15) is 6.42 Å². The summed E-state index contributed by atoms with van der Waals surface area (Å²) in [7, 11) is -0.618. The first-order valence-corrected chi connectivity index (χ1v) is 10.7. The maximum atomic E-state index is 12.3. The minimum atomic E-state index is -3.63. The van der Waals surface area contributed by atoms with Crippen LogP contribution in [-0.2, 0) is 14.6 Å². The lowest BCUT2D eigenvalue weighted by Crippen LogP contribution is -2.17. The average molecular weight is 452 g/mol. The summed E-state index contributed by atoms with van der Waals surface area (Å²) in [6, 6.07) is 10.6. The van der Waals surface area contributed by atoms with Crippen molar-refractivity contribution in [2.24, 2.45) is 0 Å². The van der Waals surface area contributed by atoms with Crippen LogP contribution in [0.2, 0.25) is 5.02 Å². The molecule has 9 nitrogen and oxygen atoms in total. The van der Waals surface area contributed by atoms with E-state index in [1.807, 2.05) is 0 Å². The summed E-state index contributed by atoms with van der Waals surface area (Å²) in [5, 5.41) is 10.5. The maximum absolute atomic E-state index is 12.3. The van der Waals surface area contributed by atoms with Crippen LogP contribution in [-0.4, -0.2) is 44.5 Å². The van der Waals surface area contributed by atoms with E-state index in [9.17, 15) is 13.2 Å². The van der Waals surface area contributed by atoms with Gasteiger partial charge in [-0.25, -0.2) is 8.42 Å². The fraction of sp³-hybridized carbons (Fsp3) is 0.211. The number of nitrogens with one attached hydrogen (secondary N) is 1. The van der Waals surface area contributed by atoms with E-state index in [4.69, 9.17) is 25.5 Å². The minimum absolute atomic E-state index is 0.0892. The summed E-state index contributed by atoms with van der Waals surface area (Å²) in [6.45, 7) is 0. The maximum Gasteiger partial charge on any atom is 0.322 e. The molecule has 3 aromatic rings. The van der Waals surface area contributed by atoms with E-state index >= 15 is 0 Å². The Morgan fingerprint density at radius 3 is 2.50 bits per heavy atom. The lowest BCUT2D eigenvalue weighted by Gasteiger charge is -2.07. The van der Waals surface area contributed by atoms with E-state index in [1.54, 1.807) is 18.2 Å². The lowest BCUT2D eigenvalue weighted by molar-refractivity contribution is -0.115. The SMILES string of the molecule is COc1ccc(-c2nnc(NC(=O)CCS(=O)(=O)c3ccc(Cl)cc3)o2)c(OC)c1. The average Bonchev–Trinajstić information content (AvgIpc) is 3.20. The predicted octanol–water partition coefficient (Wildman–Crippen LogP) is 3.21. The summed E-state index contributed by atoms with van der Waals surface area (Å²) in [5.74, 6) is 0.201. The van der Waals surface area contributed by atoms with Crippen LogP contribution in [0.15, 0.2) is 51.8 Å². The molecule has 2 aromatic carbocycles. The Morgan fingerprint density at radius 1 is 1.10 bits per heavy atom. The number of hydrogen-bond donors (Lipinski definition) is 1. The van der Waals surface area contributed by atoms with Crippen molar-refractivity contribution < 1.29 is 27.1 Å². The molecule has 0 fully saturated rings. The van der Waals surface area contributed by atoms with Crippen molar-refractivity contribution in [3.05, 3.63) is 47.5 Å². The van der Waals surface area contributed by atoms with Gasteiger partial charge in [0, 0.05) is 17.5 Å². The first kappa shape index (κ1) is 21.6. The van der Waals surface area contributed by atoms with Crippen molar-refractivity contribution in [3.63, 3.8) is 0 Å². The number of sulfone groups is 1. The molecule has 0 bridgehead atoms. The molecule has 1 aromatic heterocycles. The molecule has 1 N–H and O–H groups in total. The van der Waals surface area contributed by atoms with Gasteiger partial charge in [0.2, 0.25) is 5.91 Å². The van der Waals surface area contributed by atoms with Gasteiger partial charge in [-0.3, -0.25) is 10.1 Å². The highest BCUT2D eigenvalue weighted by Gasteiger charge is 2.19. The lowest BCUT2D eigenvalue weighted by atomic mass is 10.2. The van der Waals surface area contributed by atoms with E-state index in [-0.39, 0.29) is 29.0 Å². The number of hydrogen-bond acceptors (Lipinski definition) is 8. The van der Waals surface area contributed by atoms with Gasteiger partial charge >= 0.3 is 6.01 Å². The van der Waals surface area contributed by atoms with Crippen molar-refractivity contribution in [3.8, 4) is 23.0 Å². The smallest absolute Gasteiger partial charge is 0.322 e. The summed E-state index contributed by atoms with van der Waals surface area (Å²) >= 11 is 5.76. The second-order valence-corrected chi connectivity index (χ2v) is 8.60. The molecule has 3 rings (SSSR count). The third kappa shape index (κ3) is 5.08. The predicted molar refractivity (Wildman–Crippen MR) is 110 cm³/mol. The fourth-order valence-corrected chi connectivity index (χ4v) is 3.89. The summed E-state index contributed by atoms with van der Waals surface area (Å²) in [4.78, 5) is 12.2. The first-order valence-electron chi connectivity index (χ1n) is 8.66. The molecule has 1 heterocycles. The zero-order valence-corrected chi connectivity index (χ0v) is 17.7. The van der Waals surface area contributed by atoms with Crippen molar-refractivity contribution in [1.29, 1.82) is 0 Å². The van der Waals surface area contributed by atoms with Crippen LogP contribution in [0.5, 0.6) is 11.5 Å². The van der Waals surface area contributed by atoms with Crippen LogP contribution >= 0.6 is 11.6 Å². The van der Waals surface area contributed by atoms with E-state index in [0.29, 0.717) is 22.1 Å². The Balaban J connectivity index is 1.65. The van der Waals surface area contributed by atoms with Gasteiger partial charge in [-0.1, -0.05) is 16.7 Å². The molecular formula is C19H18ClN3O6S. The Labute approximate surface area is 177 Å². The van der Waals surface area contributed by atoms with Crippen molar-refractivity contribution in [2.45, 2.75) is 11.3 Å². The number of rotatable bonds is 8. The highest BCUT2D eigenvalue weighted by molar-refractivity contribution is 7.91. The van der Waals surface area contributed by atoms with Gasteiger partial charge in [0.1, 0.15) is 11.5 Å². The van der Waals surface area contributed by atoms with Crippen LogP contribution in [0, 0.1) is 0 Å². The zero-order valence-electron chi connectivity index (χ0n) is 16.1. The molecule has 1 amide bonds. The molecule has 30 heavy (non-hydrogen) atoms. The van der Waals surface area contributed by atoms with Crippen molar-refractivity contribution >= 4 is 33.4 Å². The molecule has 0 spiro atoms. The monoisotopic (exact) mass is 451 g/mol.